The van der Waals surface area contributed by atoms with Gasteiger partial charge in [-0.3, -0.25) is 0 Å². The molecule has 0 aliphatic heterocycles. The van der Waals surface area contributed by atoms with Crippen LogP contribution in [0.2, 0.25) is 0 Å². The molecule has 2 aromatic carbocycles. The fraction of sp³-hybridized carbons (Fsp3) is 0.318. The van der Waals surface area contributed by atoms with E-state index in [0.29, 0.717) is 11.1 Å². The van der Waals surface area contributed by atoms with E-state index in [1.54, 1.807) is 74.5 Å². The molecule has 148 valence electrons. The van der Waals surface area contributed by atoms with E-state index in [4.69, 9.17) is 5.73 Å². The fourth-order valence-corrected chi connectivity index (χ4v) is 3.32. The lowest BCUT2D eigenvalue weighted by molar-refractivity contribution is -0.266. The van der Waals surface area contributed by atoms with E-state index in [2.05, 4.69) is 0 Å². The number of aliphatic hydroxyl groups is 1. The molecule has 6 heteroatoms. The maximum absolute atomic E-state index is 13.9. The Morgan fingerprint density at radius 1 is 1.00 bits per heavy atom. The summed E-state index contributed by atoms with van der Waals surface area (Å²) in [4.78, 5) is 0. The van der Waals surface area contributed by atoms with Crippen molar-refractivity contribution >= 4 is 5.57 Å². The van der Waals surface area contributed by atoms with Crippen LogP contribution in [0.4, 0.5) is 13.2 Å². The molecule has 3 nitrogen and oxygen atoms in total. The third kappa shape index (κ3) is 4.73. The third-order valence-corrected chi connectivity index (χ3v) is 4.80. The molecule has 0 radical (unpaired) electrons. The zero-order chi connectivity index (χ0) is 21.0. The predicted octanol–water partition coefficient (Wildman–Crippen LogP) is 4.93. The van der Waals surface area contributed by atoms with Crippen LogP contribution < -0.4 is 5.73 Å². The van der Waals surface area contributed by atoms with Gasteiger partial charge in [0.1, 0.15) is 6.07 Å². The normalized spacial score (nSPS) is 15.3. The van der Waals surface area contributed by atoms with Gasteiger partial charge in [0.2, 0.25) is 0 Å². The average Bonchev–Trinajstić information content (AvgIpc) is 2.62. The Labute approximate surface area is 162 Å². The lowest BCUT2D eigenvalue weighted by Gasteiger charge is -2.38. The van der Waals surface area contributed by atoms with E-state index in [1.165, 1.54) is 0 Å². The van der Waals surface area contributed by atoms with Crippen molar-refractivity contribution in [1.29, 1.82) is 5.26 Å². The average molecular weight is 388 g/mol. The van der Waals surface area contributed by atoms with Gasteiger partial charge < -0.3 is 10.8 Å². The first kappa shape index (κ1) is 21.5. The van der Waals surface area contributed by atoms with Crippen molar-refractivity contribution in [2.75, 3.05) is 0 Å². The monoisotopic (exact) mass is 388 g/mol. The standard InChI is InChI=1S/C22H23F3N2O/c1-20(2,17-11-7-4-8-12-17)15-21(28,22(23,24)25)13-19(27)18(14-26)16-9-5-3-6-10-16/h3-12,28H,13,15,27H2,1-2H3/b19-18-. The van der Waals surface area contributed by atoms with Crippen LogP contribution in [0.15, 0.2) is 66.4 Å². The third-order valence-electron chi connectivity index (χ3n) is 4.80. The van der Waals surface area contributed by atoms with E-state index in [1.807, 2.05) is 6.07 Å². The summed E-state index contributed by atoms with van der Waals surface area (Å²) in [7, 11) is 0. The lowest BCUT2D eigenvalue weighted by atomic mass is 9.73. The van der Waals surface area contributed by atoms with Crippen molar-refractivity contribution in [3.63, 3.8) is 0 Å². The molecule has 0 heterocycles. The molecule has 0 amide bonds. The summed E-state index contributed by atoms with van der Waals surface area (Å²) in [6.07, 6.45) is -6.40. The van der Waals surface area contributed by atoms with Gasteiger partial charge in [-0.1, -0.05) is 74.5 Å². The summed E-state index contributed by atoms with van der Waals surface area (Å²) in [6, 6.07) is 18.8. The van der Waals surface area contributed by atoms with Gasteiger partial charge in [-0.15, -0.1) is 0 Å². The maximum Gasteiger partial charge on any atom is 0.417 e. The van der Waals surface area contributed by atoms with Gasteiger partial charge in [0.25, 0.3) is 0 Å². The topological polar surface area (TPSA) is 70.0 Å². The molecule has 0 aliphatic rings. The summed E-state index contributed by atoms with van der Waals surface area (Å²) < 4.78 is 41.6. The van der Waals surface area contributed by atoms with Gasteiger partial charge in [0.05, 0.1) is 5.57 Å². The fourth-order valence-electron chi connectivity index (χ4n) is 3.32. The molecule has 1 unspecified atom stereocenters. The highest BCUT2D eigenvalue weighted by Crippen LogP contribution is 2.44. The molecule has 0 saturated carbocycles. The number of halogens is 3. The minimum atomic E-state index is -4.92. The quantitative estimate of drug-likeness (QED) is 0.689. The molecular weight excluding hydrogens is 365 g/mol. The Hall–Kier alpha value is -2.78. The largest absolute Gasteiger partial charge is 0.417 e. The summed E-state index contributed by atoms with van der Waals surface area (Å²) in [5.41, 5.74) is 2.57. The molecule has 2 aromatic rings. The molecule has 0 spiro atoms. The second-order valence-electron chi connectivity index (χ2n) is 7.51. The van der Waals surface area contributed by atoms with E-state index in [9.17, 15) is 23.5 Å². The van der Waals surface area contributed by atoms with Crippen molar-refractivity contribution in [1.82, 2.24) is 0 Å². The predicted molar refractivity (Wildman–Crippen MR) is 103 cm³/mol. The molecule has 0 bridgehead atoms. The first-order chi connectivity index (χ1) is 13.0. The van der Waals surface area contributed by atoms with Crippen molar-refractivity contribution < 1.29 is 18.3 Å². The SMILES string of the molecule is CC(C)(CC(O)(C/C(N)=C(\C#N)c1ccccc1)C(F)(F)F)c1ccccc1. The Morgan fingerprint density at radius 2 is 1.50 bits per heavy atom. The molecule has 1 atom stereocenters. The first-order valence-electron chi connectivity index (χ1n) is 8.79. The van der Waals surface area contributed by atoms with Crippen LogP contribution in [0.3, 0.4) is 0 Å². The maximum atomic E-state index is 13.9. The number of rotatable bonds is 6. The summed E-state index contributed by atoms with van der Waals surface area (Å²) in [6.45, 7) is 3.28. The zero-order valence-corrected chi connectivity index (χ0v) is 15.8. The summed E-state index contributed by atoms with van der Waals surface area (Å²) in [5.74, 6) is 0. The van der Waals surface area contributed by atoms with Gasteiger partial charge in [-0.2, -0.15) is 18.4 Å². The molecule has 3 N–H and O–H groups in total. The van der Waals surface area contributed by atoms with Crippen LogP contribution in [0.1, 0.15) is 37.8 Å². The molecule has 0 aromatic heterocycles. The molecule has 2 rings (SSSR count). The van der Waals surface area contributed by atoms with Crippen molar-refractivity contribution in [2.24, 2.45) is 5.73 Å². The van der Waals surface area contributed by atoms with Gasteiger partial charge in [0.15, 0.2) is 5.60 Å². The highest BCUT2D eigenvalue weighted by molar-refractivity contribution is 5.78. The number of alkyl halides is 3. The van der Waals surface area contributed by atoms with E-state index < -0.39 is 30.0 Å². The van der Waals surface area contributed by atoms with E-state index >= 15 is 0 Å². The number of allylic oxidation sites excluding steroid dienone is 1. The molecular formula is C22H23F3N2O. The zero-order valence-electron chi connectivity index (χ0n) is 15.8. The van der Waals surface area contributed by atoms with Gasteiger partial charge in [0, 0.05) is 12.1 Å². The lowest BCUT2D eigenvalue weighted by Crippen LogP contribution is -2.50. The number of nitrogens with zero attached hydrogens (tertiary/aromatic N) is 1. The Balaban J connectivity index is 2.43. The van der Waals surface area contributed by atoms with Crippen LogP contribution in [0.5, 0.6) is 0 Å². The van der Waals surface area contributed by atoms with Gasteiger partial charge >= 0.3 is 6.18 Å². The van der Waals surface area contributed by atoms with Crippen LogP contribution in [0.25, 0.3) is 5.57 Å². The Morgan fingerprint density at radius 3 is 1.96 bits per heavy atom. The van der Waals surface area contributed by atoms with Crippen molar-refractivity contribution in [2.45, 2.75) is 43.9 Å². The van der Waals surface area contributed by atoms with Crippen molar-refractivity contribution in [3.05, 3.63) is 77.5 Å². The van der Waals surface area contributed by atoms with Crippen LogP contribution in [0, 0.1) is 11.3 Å². The minimum Gasteiger partial charge on any atom is -0.401 e. The Kier molecular flexibility index (Phi) is 6.20. The second-order valence-corrected chi connectivity index (χ2v) is 7.51. The molecule has 0 fully saturated rings. The highest BCUT2D eigenvalue weighted by Gasteiger charge is 2.56. The number of nitriles is 1. The van der Waals surface area contributed by atoms with Crippen molar-refractivity contribution in [3.8, 4) is 6.07 Å². The van der Waals surface area contributed by atoms with Gasteiger partial charge in [-0.05, 0) is 23.0 Å². The summed E-state index contributed by atoms with van der Waals surface area (Å²) >= 11 is 0. The molecule has 0 saturated heterocycles. The highest BCUT2D eigenvalue weighted by atomic mass is 19.4. The minimum absolute atomic E-state index is 0.0687. The smallest absolute Gasteiger partial charge is 0.401 e. The second kappa shape index (κ2) is 8.07. The number of hydrogen-bond donors (Lipinski definition) is 2. The van der Waals surface area contributed by atoms with Crippen LogP contribution in [-0.4, -0.2) is 16.9 Å². The van der Waals surface area contributed by atoms with E-state index in [-0.39, 0.29) is 11.3 Å². The van der Waals surface area contributed by atoms with Crippen LogP contribution in [-0.2, 0) is 5.41 Å². The molecule has 28 heavy (non-hydrogen) atoms. The number of nitrogens with two attached hydrogens (primary N) is 1. The van der Waals surface area contributed by atoms with Crippen LogP contribution >= 0.6 is 0 Å². The number of hydrogen-bond acceptors (Lipinski definition) is 3. The first-order valence-corrected chi connectivity index (χ1v) is 8.79. The Bertz CT molecular complexity index is 868. The number of benzene rings is 2. The summed E-state index contributed by atoms with van der Waals surface area (Å²) in [5, 5.41) is 20.1. The van der Waals surface area contributed by atoms with E-state index in [0.717, 1.165) is 0 Å². The van der Waals surface area contributed by atoms with Gasteiger partial charge in [-0.25, -0.2) is 0 Å². The molecule has 0 aliphatic carbocycles.